The molecular weight excluding hydrogens is 336 g/mol. The highest BCUT2D eigenvalue weighted by Crippen LogP contribution is 2.32. The van der Waals surface area contributed by atoms with E-state index < -0.39 is 0 Å². The smallest absolute Gasteiger partial charge is 0.329 e. The van der Waals surface area contributed by atoms with Gasteiger partial charge in [0, 0.05) is 29.9 Å². The molecule has 2 heterocycles. The number of benzene rings is 1. The van der Waals surface area contributed by atoms with E-state index in [9.17, 15) is 4.79 Å². The number of nitrogens with zero attached hydrogens (tertiary/aromatic N) is 3. The van der Waals surface area contributed by atoms with E-state index in [1.807, 2.05) is 42.8 Å². The molecule has 4 rings (SSSR count). The Labute approximate surface area is 151 Å². The molecule has 0 bridgehead atoms. The second-order valence-corrected chi connectivity index (χ2v) is 7.23. The zero-order valence-electron chi connectivity index (χ0n) is 14.4. The Balaban J connectivity index is 1.79. The first-order chi connectivity index (χ1) is 12.0. The molecule has 130 valence electrons. The van der Waals surface area contributed by atoms with Crippen LogP contribution in [-0.2, 0) is 7.05 Å². The molecule has 0 spiro atoms. The van der Waals surface area contributed by atoms with Crippen LogP contribution in [0.5, 0.6) is 0 Å². The van der Waals surface area contributed by atoms with Crippen LogP contribution in [-0.4, -0.2) is 14.1 Å². The molecule has 5 nitrogen and oxygen atoms in total. The minimum atomic E-state index is 0.0449. The Morgan fingerprint density at radius 1 is 1.20 bits per heavy atom. The van der Waals surface area contributed by atoms with Gasteiger partial charge in [-0.2, -0.15) is 0 Å². The fourth-order valence-electron chi connectivity index (χ4n) is 3.75. The summed E-state index contributed by atoms with van der Waals surface area (Å²) in [7, 11) is 1.81. The van der Waals surface area contributed by atoms with Crippen LogP contribution in [0.3, 0.4) is 0 Å². The van der Waals surface area contributed by atoms with E-state index in [1.54, 1.807) is 10.8 Å². The van der Waals surface area contributed by atoms with E-state index in [1.165, 1.54) is 12.8 Å². The maximum atomic E-state index is 12.7. The van der Waals surface area contributed by atoms with Crippen LogP contribution in [0.25, 0.3) is 11.0 Å². The number of rotatable bonds is 3. The van der Waals surface area contributed by atoms with Crippen molar-refractivity contribution in [2.75, 3.05) is 5.32 Å². The molecule has 1 fully saturated rings. The SMILES string of the molecule is Cc1cc(Cl)ccc1Nc1cc2c(cn1)n(C)c(=O)n2C1CCCC1. The zero-order valence-corrected chi connectivity index (χ0v) is 15.2. The van der Waals surface area contributed by atoms with E-state index in [4.69, 9.17) is 11.6 Å². The topological polar surface area (TPSA) is 51.9 Å². The third-order valence-corrected chi connectivity index (χ3v) is 5.35. The van der Waals surface area contributed by atoms with Gasteiger partial charge in [0.15, 0.2) is 0 Å². The van der Waals surface area contributed by atoms with E-state index in [-0.39, 0.29) is 5.69 Å². The van der Waals surface area contributed by atoms with Crippen LogP contribution < -0.4 is 11.0 Å². The highest BCUT2D eigenvalue weighted by atomic mass is 35.5. The zero-order chi connectivity index (χ0) is 17.6. The number of anilines is 2. The van der Waals surface area contributed by atoms with E-state index in [0.717, 1.165) is 40.9 Å². The predicted molar refractivity (Wildman–Crippen MR) is 102 cm³/mol. The highest BCUT2D eigenvalue weighted by Gasteiger charge is 2.23. The van der Waals surface area contributed by atoms with E-state index in [0.29, 0.717) is 11.1 Å². The van der Waals surface area contributed by atoms with Gasteiger partial charge < -0.3 is 5.32 Å². The molecular formula is C19H21ClN4O. The Kier molecular flexibility index (Phi) is 4.04. The summed E-state index contributed by atoms with van der Waals surface area (Å²) in [5, 5.41) is 4.06. The van der Waals surface area contributed by atoms with Crippen molar-refractivity contribution < 1.29 is 0 Å². The molecule has 0 amide bonds. The first-order valence-electron chi connectivity index (χ1n) is 8.65. The summed E-state index contributed by atoms with van der Waals surface area (Å²) in [6.45, 7) is 2.00. The summed E-state index contributed by atoms with van der Waals surface area (Å²) in [5.74, 6) is 0.732. The van der Waals surface area contributed by atoms with Crippen molar-refractivity contribution in [1.29, 1.82) is 0 Å². The van der Waals surface area contributed by atoms with Crippen molar-refractivity contribution in [2.24, 2.45) is 7.05 Å². The molecule has 0 atom stereocenters. The molecule has 1 N–H and O–H groups in total. The van der Waals surface area contributed by atoms with Gasteiger partial charge >= 0.3 is 5.69 Å². The van der Waals surface area contributed by atoms with Crippen molar-refractivity contribution >= 4 is 34.1 Å². The lowest BCUT2D eigenvalue weighted by molar-refractivity contribution is 0.509. The quantitative estimate of drug-likeness (QED) is 0.748. The second kappa shape index (κ2) is 6.23. The molecule has 6 heteroatoms. The number of pyridine rings is 1. The van der Waals surface area contributed by atoms with E-state index >= 15 is 0 Å². The first kappa shape index (κ1) is 16.2. The number of aryl methyl sites for hydroxylation is 2. The number of fused-ring (bicyclic) bond motifs is 1. The molecule has 1 aliphatic rings. The molecule has 1 saturated carbocycles. The minimum absolute atomic E-state index is 0.0449. The fourth-order valence-corrected chi connectivity index (χ4v) is 3.97. The summed E-state index contributed by atoms with van der Waals surface area (Å²) in [5.41, 5.74) is 3.87. The average Bonchev–Trinajstić information content (AvgIpc) is 3.18. The molecule has 1 aliphatic carbocycles. The standard InChI is InChI=1S/C19H21ClN4O/c1-12-9-13(20)7-8-15(12)22-18-10-16-17(11-21-18)23(2)19(25)24(16)14-5-3-4-6-14/h7-11,14H,3-6H2,1-2H3,(H,21,22). The van der Waals surface area contributed by atoms with Gasteiger partial charge in [-0.3, -0.25) is 9.13 Å². The Hall–Kier alpha value is -2.27. The summed E-state index contributed by atoms with van der Waals surface area (Å²) in [4.78, 5) is 17.2. The third kappa shape index (κ3) is 2.82. The molecule has 3 aromatic rings. The van der Waals surface area contributed by atoms with Gasteiger partial charge in [0.05, 0.1) is 17.2 Å². The lowest BCUT2D eigenvalue weighted by Crippen LogP contribution is -2.24. The van der Waals surface area contributed by atoms with E-state index in [2.05, 4.69) is 10.3 Å². The van der Waals surface area contributed by atoms with Crippen LogP contribution in [0, 0.1) is 6.92 Å². The number of imidazole rings is 1. The summed E-state index contributed by atoms with van der Waals surface area (Å²) in [6.07, 6.45) is 6.29. The van der Waals surface area contributed by atoms with Crippen LogP contribution in [0.4, 0.5) is 11.5 Å². The lowest BCUT2D eigenvalue weighted by Gasteiger charge is -2.12. The summed E-state index contributed by atoms with van der Waals surface area (Å²) >= 11 is 6.03. The molecule has 0 radical (unpaired) electrons. The fraction of sp³-hybridized carbons (Fsp3) is 0.368. The predicted octanol–water partition coefficient (Wildman–Crippen LogP) is 4.56. The van der Waals surface area contributed by atoms with Crippen molar-refractivity contribution in [3.63, 3.8) is 0 Å². The largest absolute Gasteiger partial charge is 0.340 e. The Bertz CT molecular complexity index is 999. The van der Waals surface area contributed by atoms with Crippen LogP contribution in [0.15, 0.2) is 35.3 Å². The molecule has 0 saturated heterocycles. The number of aromatic nitrogens is 3. The molecule has 2 aromatic heterocycles. The molecule has 0 aliphatic heterocycles. The summed E-state index contributed by atoms with van der Waals surface area (Å²) in [6, 6.07) is 7.98. The molecule has 1 aromatic carbocycles. The maximum absolute atomic E-state index is 12.7. The number of halogens is 1. The number of hydrogen-bond donors (Lipinski definition) is 1. The normalized spacial score (nSPS) is 15.2. The second-order valence-electron chi connectivity index (χ2n) is 6.79. The van der Waals surface area contributed by atoms with Gasteiger partial charge in [-0.05, 0) is 43.5 Å². The lowest BCUT2D eigenvalue weighted by atomic mass is 10.2. The van der Waals surface area contributed by atoms with Gasteiger partial charge in [0.1, 0.15) is 5.82 Å². The van der Waals surface area contributed by atoms with Crippen molar-refractivity contribution in [2.45, 2.75) is 38.6 Å². The minimum Gasteiger partial charge on any atom is -0.340 e. The molecule has 0 unspecified atom stereocenters. The first-order valence-corrected chi connectivity index (χ1v) is 9.02. The van der Waals surface area contributed by atoms with Crippen LogP contribution in [0.2, 0.25) is 5.02 Å². The van der Waals surface area contributed by atoms with Crippen LogP contribution in [0.1, 0.15) is 37.3 Å². The van der Waals surface area contributed by atoms with Crippen molar-refractivity contribution in [3.05, 3.63) is 51.5 Å². The van der Waals surface area contributed by atoms with Gasteiger partial charge in [0.25, 0.3) is 0 Å². The van der Waals surface area contributed by atoms with Crippen molar-refractivity contribution in [3.8, 4) is 0 Å². The van der Waals surface area contributed by atoms with Crippen LogP contribution >= 0.6 is 11.6 Å². The highest BCUT2D eigenvalue weighted by molar-refractivity contribution is 6.30. The van der Waals surface area contributed by atoms with Gasteiger partial charge in [0.2, 0.25) is 0 Å². The van der Waals surface area contributed by atoms with Gasteiger partial charge in [-0.1, -0.05) is 24.4 Å². The third-order valence-electron chi connectivity index (χ3n) is 5.12. The van der Waals surface area contributed by atoms with Gasteiger partial charge in [-0.15, -0.1) is 0 Å². The maximum Gasteiger partial charge on any atom is 0.329 e. The van der Waals surface area contributed by atoms with Gasteiger partial charge in [-0.25, -0.2) is 9.78 Å². The number of nitrogens with one attached hydrogen (secondary N) is 1. The number of hydrogen-bond acceptors (Lipinski definition) is 3. The summed E-state index contributed by atoms with van der Waals surface area (Å²) < 4.78 is 3.64. The Morgan fingerprint density at radius 2 is 1.96 bits per heavy atom. The average molecular weight is 357 g/mol. The van der Waals surface area contributed by atoms with Crippen molar-refractivity contribution in [1.82, 2.24) is 14.1 Å². The monoisotopic (exact) mass is 356 g/mol. The Morgan fingerprint density at radius 3 is 2.68 bits per heavy atom. The molecule has 25 heavy (non-hydrogen) atoms.